The lowest BCUT2D eigenvalue weighted by atomic mass is 9.98. The quantitative estimate of drug-likeness (QED) is 0.647. The molecule has 0 atom stereocenters. The van der Waals surface area contributed by atoms with Gasteiger partial charge < -0.3 is 9.80 Å². The maximum absolute atomic E-state index is 14.4. The summed E-state index contributed by atoms with van der Waals surface area (Å²) < 4.78 is 67.4. The van der Waals surface area contributed by atoms with Gasteiger partial charge in [0.05, 0.1) is 23.6 Å². The summed E-state index contributed by atoms with van der Waals surface area (Å²) in [5, 5.41) is 0. The second-order valence-electron chi connectivity index (χ2n) is 6.26. The average Bonchev–Trinajstić information content (AvgIpc) is 2.44. The zero-order valence-corrected chi connectivity index (χ0v) is 12.7. The molecule has 2 bridgehead atoms. The molecule has 0 saturated carbocycles. The summed E-state index contributed by atoms with van der Waals surface area (Å²) >= 11 is 0. The summed E-state index contributed by atoms with van der Waals surface area (Å²) in [5.41, 5.74) is 1.22. The molecule has 0 amide bonds. The Morgan fingerprint density at radius 1 is 0.833 bits per heavy atom. The van der Waals surface area contributed by atoms with Gasteiger partial charge in [0.15, 0.2) is 0 Å². The molecule has 2 aromatic carbocycles. The lowest BCUT2D eigenvalue weighted by molar-refractivity contribution is -0.137. The van der Waals surface area contributed by atoms with E-state index in [4.69, 9.17) is 0 Å². The lowest BCUT2D eigenvalue weighted by Gasteiger charge is -2.45. The molecule has 2 nitrogen and oxygen atoms in total. The predicted octanol–water partition coefficient (Wildman–Crippen LogP) is 4.59. The molecule has 0 spiro atoms. The number of alkyl halides is 3. The first-order valence-electron chi connectivity index (χ1n) is 7.42. The smallest absolute Gasteiger partial charge is 0.347 e. The van der Waals surface area contributed by atoms with Crippen molar-refractivity contribution in [2.75, 3.05) is 16.5 Å². The zero-order valence-electron chi connectivity index (χ0n) is 12.7. The van der Waals surface area contributed by atoms with Crippen LogP contribution >= 0.6 is 0 Å². The molecular weight excluding hydrogens is 327 g/mol. The average molecular weight is 340 g/mol. The third kappa shape index (κ3) is 2.22. The van der Waals surface area contributed by atoms with Gasteiger partial charge in [0, 0.05) is 13.1 Å². The van der Waals surface area contributed by atoms with Crippen molar-refractivity contribution in [1.29, 1.82) is 0 Å². The van der Waals surface area contributed by atoms with Crippen molar-refractivity contribution in [2.45, 2.75) is 26.2 Å². The third-order valence-corrected chi connectivity index (χ3v) is 4.45. The van der Waals surface area contributed by atoms with Crippen LogP contribution in [0.15, 0.2) is 24.3 Å². The molecule has 2 aromatic rings. The molecular formula is C17H13F5N2. The number of hydrogen-bond acceptors (Lipinski definition) is 2. The van der Waals surface area contributed by atoms with E-state index in [0.717, 1.165) is 11.6 Å². The van der Waals surface area contributed by atoms with E-state index in [1.54, 1.807) is 16.7 Å². The predicted molar refractivity (Wildman–Crippen MR) is 79.8 cm³/mol. The van der Waals surface area contributed by atoms with E-state index in [1.165, 1.54) is 6.07 Å². The highest BCUT2D eigenvalue weighted by Gasteiger charge is 2.37. The van der Waals surface area contributed by atoms with Gasteiger partial charge >= 0.3 is 6.18 Å². The number of halogens is 5. The van der Waals surface area contributed by atoms with E-state index in [0.29, 0.717) is 17.3 Å². The fourth-order valence-corrected chi connectivity index (χ4v) is 3.59. The molecule has 24 heavy (non-hydrogen) atoms. The molecule has 0 unspecified atom stereocenters. The second-order valence-corrected chi connectivity index (χ2v) is 6.26. The standard InChI is InChI=1S/C17H13F5N2/c1-9-2-10-6-23-8-24(15(10)13(18)3-9)7-11-4-12(17(20,21)22)5-14(19)16(11)23/h2-5H,6-8H2,1H3. The summed E-state index contributed by atoms with van der Waals surface area (Å²) in [5.74, 6) is -1.29. The Bertz CT molecular complexity index is 844. The second kappa shape index (κ2) is 4.84. The SMILES string of the molecule is Cc1cc(F)c2c(c1)CN1CN2Cc2cc(C(F)(F)F)cc(F)c21. The van der Waals surface area contributed by atoms with Gasteiger partial charge in [0.25, 0.3) is 0 Å². The molecule has 0 radical (unpaired) electrons. The maximum atomic E-state index is 14.4. The van der Waals surface area contributed by atoms with Gasteiger partial charge in [0.1, 0.15) is 11.6 Å². The van der Waals surface area contributed by atoms with Gasteiger partial charge in [0.2, 0.25) is 0 Å². The van der Waals surface area contributed by atoms with Gasteiger partial charge in [-0.15, -0.1) is 0 Å². The maximum Gasteiger partial charge on any atom is 0.416 e. The highest BCUT2D eigenvalue weighted by molar-refractivity contribution is 5.69. The van der Waals surface area contributed by atoms with Crippen molar-refractivity contribution in [3.05, 3.63) is 58.2 Å². The van der Waals surface area contributed by atoms with E-state index in [9.17, 15) is 22.0 Å². The summed E-state index contributed by atoms with van der Waals surface area (Å²) in [7, 11) is 0. The van der Waals surface area contributed by atoms with Crippen LogP contribution in [0.1, 0.15) is 22.3 Å². The Kier molecular flexibility index (Phi) is 3.07. The number of hydrogen-bond donors (Lipinski definition) is 0. The number of rotatable bonds is 0. The molecule has 0 aromatic heterocycles. The molecule has 2 heterocycles. The number of fused-ring (bicyclic) bond motifs is 6. The van der Waals surface area contributed by atoms with Gasteiger partial charge in [-0.05, 0) is 41.8 Å². The monoisotopic (exact) mass is 340 g/mol. The third-order valence-electron chi connectivity index (χ3n) is 4.45. The van der Waals surface area contributed by atoms with Gasteiger partial charge in [-0.3, -0.25) is 0 Å². The van der Waals surface area contributed by atoms with Crippen LogP contribution in [-0.2, 0) is 19.3 Å². The van der Waals surface area contributed by atoms with Crippen molar-refractivity contribution in [1.82, 2.24) is 0 Å². The molecule has 7 heteroatoms. The van der Waals surface area contributed by atoms with Crippen molar-refractivity contribution >= 4 is 11.4 Å². The first-order chi connectivity index (χ1) is 11.2. The molecule has 4 rings (SSSR count). The molecule has 0 N–H and O–H groups in total. The summed E-state index contributed by atoms with van der Waals surface area (Å²) in [6.07, 6.45) is -4.62. The lowest BCUT2D eigenvalue weighted by Crippen LogP contribution is -2.47. The van der Waals surface area contributed by atoms with Crippen LogP contribution in [0.3, 0.4) is 0 Å². The van der Waals surface area contributed by atoms with Crippen LogP contribution in [0.4, 0.5) is 33.3 Å². The van der Waals surface area contributed by atoms with Gasteiger partial charge in [-0.2, -0.15) is 13.2 Å². The van der Waals surface area contributed by atoms with Crippen LogP contribution in [0.2, 0.25) is 0 Å². The topological polar surface area (TPSA) is 6.48 Å². The fraction of sp³-hybridized carbons (Fsp3) is 0.294. The molecule has 2 aliphatic rings. The molecule has 2 aliphatic heterocycles. The minimum absolute atomic E-state index is 0.0413. The highest BCUT2D eigenvalue weighted by Crippen LogP contribution is 2.43. The van der Waals surface area contributed by atoms with E-state index in [-0.39, 0.29) is 31.0 Å². The van der Waals surface area contributed by atoms with E-state index >= 15 is 0 Å². The van der Waals surface area contributed by atoms with Crippen molar-refractivity contribution in [2.24, 2.45) is 0 Å². The van der Waals surface area contributed by atoms with Crippen LogP contribution in [0.25, 0.3) is 0 Å². The Labute approximate surface area is 135 Å². The molecule has 0 saturated heterocycles. The molecule has 0 aliphatic carbocycles. The Hall–Kier alpha value is -2.31. The fourth-order valence-electron chi connectivity index (χ4n) is 3.59. The minimum Gasteiger partial charge on any atom is -0.347 e. The van der Waals surface area contributed by atoms with Crippen LogP contribution in [0, 0.1) is 18.6 Å². The zero-order chi connectivity index (χ0) is 17.2. The van der Waals surface area contributed by atoms with Gasteiger partial charge in [-0.25, -0.2) is 8.78 Å². The van der Waals surface area contributed by atoms with Crippen LogP contribution < -0.4 is 9.80 Å². The number of aryl methyl sites for hydroxylation is 1. The summed E-state index contributed by atoms with van der Waals surface area (Å²) in [6.45, 7) is 2.32. The largest absolute Gasteiger partial charge is 0.416 e. The Balaban J connectivity index is 1.85. The number of nitrogens with zero attached hydrogens (tertiary/aromatic N) is 2. The summed E-state index contributed by atoms with van der Waals surface area (Å²) in [4.78, 5) is 3.30. The van der Waals surface area contributed by atoms with Crippen LogP contribution in [-0.4, -0.2) is 6.67 Å². The van der Waals surface area contributed by atoms with Crippen molar-refractivity contribution in [3.8, 4) is 0 Å². The number of benzene rings is 2. The van der Waals surface area contributed by atoms with Crippen molar-refractivity contribution < 1.29 is 22.0 Å². The van der Waals surface area contributed by atoms with E-state index < -0.39 is 23.4 Å². The normalized spacial score (nSPS) is 16.1. The van der Waals surface area contributed by atoms with E-state index in [1.807, 2.05) is 6.07 Å². The summed E-state index contributed by atoms with van der Waals surface area (Å²) in [6, 6.07) is 4.71. The van der Waals surface area contributed by atoms with Crippen molar-refractivity contribution in [3.63, 3.8) is 0 Å². The minimum atomic E-state index is -4.62. The van der Waals surface area contributed by atoms with Crippen LogP contribution in [0.5, 0.6) is 0 Å². The molecule has 0 fully saturated rings. The number of anilines is 2. The molecule has 126 valence electrons. The highest BCUT2D eigenvalue weighted by atomic mass is 19.4. The first kappa shape index (κ1) is 15.2. The van der Waals surface area contributed by atoms with Gasteiger partial charge in [-0.1, -0.05) is 6.07 Å². The Morgan fingerprint density at radius 3 is 1.96 bits per heavy atom. The Morgan fingerprint density at radius 2 is 1.38 bits per heavy atom. The van der Waals surface area contributed by atoms with E-state index in [2.05, 4.69) is 0 Å². The first-order valence-corrected chi connectivity index (χ1v) is 7.42.